The fourth-order valence-corrected chi connectivity index (χ4v) is 5.14. The minimum Gasteiger partial charge on any atom is -0.492 e. The molecule has 2 amide bonds. The summed E-state index contributed by atoms with van der Waals surface area (Å²) in [6.45, 7) is 6.28. The number of pyridine rings is 1. The molecule has 0 bridgehead atoms. The van der Waals surface area contributed by atoms with Gasteiger partial charge in [-0.3, -0.25) is 4.79 Å². The lowest BCUT2D eigenvalue weighted by Gasteiger charge is -2.34. The van der Waals surface area contributed by atoms with Gasteiger partial charge in [-0.05, 0) is 62.5 Å². The van der Waals surface area contributed by atoms with Crippen molar-refractivity contribution in [3.8, 4) is 17.1 Å². The van der Waals surface area contributed by atoms with E-state index in [0.717, 1.165) is 42.9 Å². The first-order valence-electron chi connectivity index (χ1n) is 13.6. The molecule has 41 heavy (non-hydrogen) atoms. The van der Waals surface area contributed by atoms with Gasteiger partial charge in [0.25, 0.3) is 5.56 Å². The van der Waals surface area contributed by atoms with Gasteiger partial charge in [-0.1, -0.05) is 12.1 Å². The van der Waals surface area contributed by atoms with E-state index in [1.54, 1.807) is 30.3 Å². The number of piperazine rings is 1. The molecule has 1 aliphatic heterocycles. The van der Waals surface area contributed by atoms with E-state index >= 15 is 0 Å². The van der Waals surface area contributed by atoms with E-state index in [2.05, 4.69) is 54.6 Å². The number of hydrogen-bond acceptors (Lipinski definition) is 7. The number of aromatic amines is 2. The van der Waals surface area contributed by atoms with Crippen molar-refractivity contribution in [2.75, 3.05) is 61.1 Å². The minimum absolute atomic E-state index is 0.252. The molecule has 0 atom stereocenters. The van der Waals surface area contributed by atoms with Crippen molar-refractivity contribution in [2.24, 2.45) is 0 Å². The summed E-state index contributed by atoms with van der Waals surface area (Å²) in [5, 5.41) is 6.23. The number of H-pyrrole nitrogens is 2. The first-order valence-corrected chi connectivity index (χ1v) is 13.6. The van der Waals surface area contributed by atoms with Gasteiger partial charge < -0.3 is 40.9 Å². The maximum Gasteiger partial charge on any atom is 0.323 e. The zero-order chi connectivity index (χ0) is 28.5. The smallest absolute Gasteiger partial charge is 0.323 e. The van der Waals surface area contributed by atoms with Gasteiger partial charge in [-0.25, -0.2) is 9.78 Å². The Morgan fingerprint density at radius 3 is 2.61 bits per heavy atom. The number of nitrogens with two attached hydrogens (primary N) is 1. The lowest BCUT2D eigenvalue weighted by Crippen LogP contribution is -2.44. The average Bonchev–Trinajstić information content (AvgIpc) is 3.38. The van der Waals surface area contributed by atoms with Crippen molar-refractivity contribution in [1.82, 2.24) is 19.9 Å². The van der Waals surface area contributed by atoms with Crippen molar-refractivity contribution in [1.29, 1.82) is 0 Å². The van der Waals surface area contributed by atoms with Crippen LogP contribution in [-0.2, 0) is 0 Å². The van der Waals surface area contributed by atoms with Crippen LogP contribution >= 0.6 is 0 Å². The molecule has 1 fully saturated rings. The van der Waals surface area contributed by atoms with Crippen LogP contribution in [0.5, 0.6) is 5.75 Å². The number of carbonyl (C=O) groups excluding carboxylic acids is 1. The molecule has 0 spiro atoms. The first-order chi connectivity index (χ1) is 19.9. The number of nitrogen functional groups attached to an aromatic ring is 1. The van der Waals surface area contributed by atoms with Gasteiger partial charge in [-0.15, -0.1) is 0 Å². The van der Waals surface area contributed by atoms with Crippen LogP contribution in [0.15, 0.2) is 65.5 Å². The largest absolute Gasteiger partial charge is 0.492 e. The molecule has 5 aromatic rings. The third-order valence-electron chi connectivity index (χ3n) is 7.32. The molecule has 2 aromatic heterocycles. The van der Waals surface area contributed by atoms with Crippen molar-refractivity contribution >= 4 is 50.7 Å². The Morgan fingerprint density at radius 1 is 1.00 bits per heavy atom. The number of urea groups is 1. The number of rotatable bonds is 6. The third-order valence-corrected chi connectivity index (χ3v) is 7.32. The number of para-hydroxylation sites is 2. The number of ether oxygens (including phenoxy) is 1. The number of amides is 2. The summed E-state index contributed by atoms with van der Waals surface area (Å²) >= 11 is 0. The van der Waals surface area contributed by atoms with Gasteiger partial charge in [0.2, 0.25) is 0 Å². The molecule has 0 unspecified atom stereocenters. The van der Waals surface area contributed by atoms with E-state index < -0.39 is 6.03 Å². The number of nitrogens with zero attached hydrogens (tertiary/aromatic N) is 3. The maximum absolute atomic E-state index is 13.1. The fraction of sp³-hybridized carbons (Fsp3) is 0.233. The summed E-state index contributed by atoms with van der Waals surface area (Å²) < 4.78 is 5.59. The zero-order valence-corrected chi connectivity index (χ0v) is 23.0. The molecule has 210 valence electrons. The highest BCUT2D eigenvalue weighted by Crippen LogP contribution is 2.31. The molecule has 6 rings (SSSR count). The van der Waals surface area contributed by atoms with Crippen molar-refractivity contribution in [3.05, 3.63) is 71.0 Å². The van der Waals surface area contributed by atoms with Crippen LogP contribution in [0, 0.1) is 0 Å². The lowest BCUT2D eigenvalue weighted by molar-refractivity contribution is 0.262. The molecule has 6 N–H and O–H groups in total. The summed E-state index contributed by atoms with van der Waals surface area (Å²) in [5.74, 6) is 0.969. The van der Waals surface area contributed by atoms with Crippen LogP contribution in [0.2, 0.25) is 0 Å². The monoisotopic (exact) mass is 552 g/mol. The highest BCUT2D eigenvalue weighted by atomic mass is 16.5. The van der Waals surface area contributed by atoms with Gasteiger partial charge in [0.05, 0.1) is 34.5 Å². The zero-order valence-electron chi connectivity index (χ0n) is 23.0. The Kier molecular flexibility index (Phi) is 6.94. The number of hydrogen-bond donors (Lipinski definition) is 5. The minimum atomic E-state index is -0.437. The number of nitrogens with one attached hydrogen (secondary N) is 4. The Bertz CT molecular complexity index is 1800. The highest BCUT2D eigenvalue weighted by molar-refractivity contribution is 6.04. The Hall–Kier alpha value is -5.03. The van der Waals surface area contributed by atoms with E-state index in [-0.39, 0.29) is 16.8 Å². The molecular formula is C30H32N8O3. The van der Waals surface area contributed by atoms with E-state index in [0.29, 0.717) is 40.5 Å². The van der Waals surface area contributed by atoms with E-state index in [1.807, 2.05) is 25.1 Å². The van der Waals surface area contributed by atoms with E-state index in [4.69, 9.17) is 10.5 Å². The quantitative estimate of drug-likeness (QED) is 0.209. The van der Waals surface area contributed by atoms with Crippen LogP contribution in [0.3, 0.4) is 0 Å². The van der Waals surface area contributed by atoms with Crippen molar-refractivity contribution in [2.45, 2.75) is 6.92 Å². The Morgan fingerprint density at radius 2 is 1.80 bits per heavy atom. The van der Waals surface area contributed by atoms with Gasteiger partial charge in [0.1, 0.15) is 17.1 Å². The van der Waals surface area contributed by atoms with Gasteiger partial charge in [0, 0.05) is 42.9 Å². The predicted octanol–water partition coefficient (Wildman–Crippen LogP) is 4.45. The van der Waals surface area contributed by atoms with Crippen LogP contribution < -0.4 is 31.6 Å². The molecule has 11 nitrogen and oxygen atoms in total. The molecule has 3 aromatic carbocycles. The van der Waals surface area contributed by atoms with Crippen LogP contribution in [-0.4, -0.2) is 65.7 Å². The molecular weight excluding hydrogens is 520 g/mol. The number of benzene rings is 3. The summed E-state index contributed by atoms with van der Waals surface area (Å²) in [6.07, 6.45) is 0. The number of imidazole rings is 1. The van der Waals surface area contributed by atoms with Crippen LogP contribution in [0.4, 0.5) is 27.5 Å². The summed E-state index contributed by atoms with van der Waals surface area (Å²) in [5.41, 5.74) is 11.1. The second-order valence-corrected chi connectivity index (χ2v) is 10.1. The number of aromatic nitrogens is 3. The first kappa shape index (κ1) is 26.2. The summed E-state index contributed by atoms with van der Waals surface area (Å²) in [4.78, 5) is 41.4. The van der Waals surface area contributed by atoms with Gasteiger partial charge in [0.15, 0.2) is 0 Å². The van der Waals surface area contributed by atoms with Gasteiger partial charge in [-0.2, -0.15) is 0 Å². The SMILES string of the molecule is CCOc1ccccc1NC(=O)Nc1ccc2[nH]c(=O)c(-c3nc4ccc(N5CCN(C)CC5)cc4[nH]3)c(N)c2c1. The molecule has 1 aliphatic rings. The number of fused-ring (bicyclic) bond motifs is 2. The number of anilines is 4. The Balaban J connectivity index is 1.28. The second-order valence-electron chi connectivity index (χ2n) is 10.1. The maximum atomic E-state index is 13.1. The molecule has 0 aliphatic carbocycles. The van der Waals surface area contributed by atoms with Crippen molar-refractivity contribution < 1.29 is 9.53 Å². The molecule has 3 heterocycles. The average molecular weight is 553 g/mol. The Labute approximate surface area is 236 Å². The normalized spacial score (nSPS) is 14.0. The molecule has 11 heteroatoms. The highest BCUT2D eigenvalue weighted by Gasteiger charge is 2.19. The fourth-order valence-electron chi connectivity index (χ4n) is 5.14. The lowest BCUT2D eigenvalue weighted by atomic mass is 10.1. The molecule has 0 radical (unpaired) electrons. The van der Waals surface area contributed by atoms with Crippen LogP contribution in [0.1, 0.15) is 6.92 Å². The van der Waals surface area contributed by atoms with Crippen molar-refractivity contribution in [3.63, 3.8) is 0 Å². The summed E-state index contributed by atoms with van der Waals surface area (Å²) in [7, 11) is 2.13. The number of carbonyl (C=O) groups is 1. The summed E-state index contributed by atoms with van der Waals surface area (Å²) in [6, 6.07) is 18.0. The third kappa shape index (κ3) is 5.27. The standard InChI is InChI=1S/C30H32N8O3/c1-3-41-25-7-5-4-6-23(25)36-30(40)32-18-8-10-21-20(16-18)27(31)26(29(39)35-21)28-33-22-11-9-19(17-24(22)34-28)38-14-12-37(2)13-15-38/h4-11,16-17H,3,12-15H2,1-2H3,(H,33,34)(H3,31,35,39)(H2,32,36,40). The molecule has 1 saturated heterocycles. The van der Waals surface area contributed by atoms with Crippen LogP contribution in [0.25, 0.3) is 33.3 Å². The number of likely N-dealkylation sites (N-methyl/N-ethyl adjacent to an activating group) is 1. The second kappa shape index (κ2) is 10.9. The topological polar surface area (TPSA) is 144 Å². The van der Waals surface area contributed by atoms with Gasteiger partial charge >= 0.3 is 6.03 Å². The van der Waals surface area contributed by atoms with E-state index in [9.17, 15) is 9.59 Å². The predicted molar refractivity (Wildman–Crippen MR) is 164 cm³/mol. The molecule has 0 saturated carbocycles. The van der Waals surface area contributed by atoms with E-state index in [1.165, 1.54) is 0 Å².